The van der Waals surface area contributed by atoms with Crippen molar-refractivity contribution in [3.05, 3.63) is 34.4 Å². The van der Waals surface area contributed by atoms with Crippen molar-refractivity contribution in [2.45, 2.75) is 48.0 Å². The summed E-state index contributed by atoms with van der Waals surface area (Å²) in [6.45, 7) is 12.5. The quantitative estimate of drug-likeness (QED) is 0.766. The van der Waals surface area contributed by atoms with E-state index < -0.39 is 0 Å². The fraction of sp³-hybridized carbons (Fsp3) is 0.562. The summed E-state index contributed by atoms with van der Waals surface area (Å²) in [5.74, 6) is 0.929. The van der Waals surface area contributed by atoms with Crippen molar-refractivity contribution in [2.75, 3.05) is 0 Å². The van der Waals surface area contributed by atoms with Gasteiger partial charge in [0, 0.05) is 12.3 Å². The molecular weight excluding hydrogens is 208 g/mol. The van der Waals surface area contributed by atoms with Crippen LogP contribution in [0.25, 0.3) is 0 Å². The molecule has 1 rings (SSSR count). The first-order valence-electron chi connectivity index (χ1n) is 6.42. The number of carbonyl (C=O) groups is 1. The molecule has 0 N–H and O–H groups in total. The highest BCUT2D eigenvalue weighted by atomic mass is 16.1. The summed E-state index contributed by atoms with van der Waals surface area (Å²) in [5, 5.41) is 0. The van der Waals surface area contributed by atoms with Crippen LogP contribution in [0.5, 0.6) is 0 Å². The fourth-order valence-corrected chi connectivity index (χ4v) is 2.20. The molecule has 94 valence electrons. The monoisotopic (exact) mass is 232 g/mol. The Labute approximate surface area is 105 Å². The SMILES string of the molecule is Cc1cc(C)c(CC(=O)C(C)C(C)C)c(C)c1. The highest BCUT2D eigenvalue weighted by molar-refractivity contribution is 5.83. The largest absolute Gasteiger partial charge is 0.299 e. The van der Waals surface area contributed by atoms with E-state index in [1.165, 1.54) is 22.3 Å². The zero-order valence-corrected chi connectivity index (χ0v) is 11.9. The lowest BCUT2D eigenvalue weighted by atomic mass is 9.87. The standard InChI is InChI=1S/C16H24O/c1-10(2)14(6)16(17)9-15-12(4)7-11(3)8-13(15)5/h7-8,10,14H,9H2,1-6H3. The van der Waals surface area contributed by atoms with Gasteiger partial charge >= 0.3 is 0 Å². The maximum absolute atomic E-state index is 12.1. The first-order valence-corrected chi connectivity index (χ1v) is 6.42. The van der Waals surface area contributed by atoms with Gasteiger partial charge < -0.3 is 0 Å². The van der Waals surface area contributed by atoms with E-state index in [0.29, 0.717) is 18.1 Å². The molecule has 0 saturated heterocycles. The molecule has 0 aromatic heterocycles. The van der Waals surface area contributed by atoms with E-state index in [1.807, 2.05) is 6.92 Å². The minimum absolute atomic E-state index is 0.148. The molecule has 0 spiro atoms. The molecule has 1 nitrogen and oxygen atoms in total. The summed E-state index contributed by atoms with van der Waals surface area (Å²) < 4.78 is 0. The van der Waals surface area contributed by atoms with E-state index in [4.69, 9.17) is 0 Å². The number of hydrogen-bond donors (Lipinski definition) is 0. The zero-order chi connectivity index (χ0) is 13.2. The van der Waals surface area contributed by atoms with E-state index in [9.17, 15) is 4.79 Å². The topological polar surface area (TPSA) is 17.1 Å². The Bertz CT molecular complexity index is 393. The molecule has 1 heteroatoms. The summed E-state index contributed by atoms with van der Waals surface area (Å²) in [4.78, 5) is 12.1. The maximum atomic E-state index is 12.1. The van der Waals surface area contributed by atoms with E-state index >= 15 is 0 Å². The van der Waals surface area contributed by atoms with Gasteiger partial charge in [0.05, 0.1) is 0 Å². The predicted octanol–water partition coefficient (Wildman–Crippen LogP) is 4.02. The number of aryl methyl sites for hydroxylation is 3. The lowest BCUT2D eigenvalue weighted by Gasteiger charge is -2.16. The summed E-state index contributed by atoms with van der Waals surface area (Å²) >= 11 is 0. The number of benzene rings is 1. The molecule has 1 atom stereocenters. The van der Waals surface area contributed by atoms with Crippen LogP contribution in [0.2, 0.25) is 0 Å². The molecule has 0 radical (unpaired) electrons. The van der Waals surface area contributed by atoms with Gasteiger partial charge in [0.15, 0.2) is 0 Å². The van der Waals surface area contributed by atoms with Crippen molar-refractivity contribution in [1.29, 1.82) is 0 Å². The Balaban J connectivity index is 2.93. The molecule has 1 aromatic rings. The number of rotatable bonds is 4. The molecule has 0 fully saturated rings. The highest BCUT2D eigenvalue weighted by Gasteiger charge is 2.18. The van der Waals surface area contributed by atoms with E-state index in [-0.39, 0.29) is 5.92 Å². The van der Waals surface area contributed by atoms with E-state index in [0.717, 1.165) is 0 Å². The van der Waals surface area contributed by atoms with Crippen LogP contribution in [-0.4, -0.2) is 5.78 Å². The van der Waals surface area contributed by atoms with Gasteiger partial charge in [-0.15, -0.1) is 0 Å². The van der Waals surface area contributed by atoms with Crippen molar-refractivity contribution in [1.82, 2.24) is 0 Å². The Hall–Kier alpha value is -1.11. The first kappa shape index (κ1) is 14.0. The second-order valence-corrected chi connectivity index (χ2v) is 5.55. The molecule has 0 saturated carbocycles. The molecule has 0 bridgehead atoms. The van der Waals surface area contributed by atoms with Crippen molar-refractivity contribution in [3.8, 4) is 0 Å². The summed E-state index contributed by atoms with van der Waals surface area (Å²) in [5.41, 5.74) is 4.97. The van der Waals surface area contributed by atoms with E-state index in [1.54, 1.807) is 0 Å². The first-order chi connectivity index (χ1) is 7.82. The third-order valence-electron chi connectivity index (χ3n) is 3.70. The lowest BCUT2D eigenvalue weighted by molar-refractivity contribution is -0.122. The van der Waals surface area contributed by atoms with Crippen LogP contribution in [0.3, 0.4) is 0 Å². The van der Waals surface area contributed by atoms with Gasteiger partial charge in [-0.2, -0.15) is 0 Å². The van der Waals surface area contributed by atoms with Crippen LogP contribution < -0.4 is 0 Å². The van der Waals surface area contributed by atoms with Gasteiger partial charge in [-0.05, 0) is 43.4 Å². The number of hydrogen-bond acceptors (Lipinski definition) is 1. The number of carbonyl (C=O) groups excluding carboxylic acids is 1. The number of Topliss-reactive ketones (excluding diaryl/α,β-unsaturated/α-hetero) is 1. The Morgan fingerprint density at radius 3 is 1.94 bits per heavy atom. The molecule has 0 heterocycles. The van der Waals surface area contributed by atoms with Crippen molar-refractivity contribution < 1.29 is 4.79 Å². The second-order valence-electron chi connectivity index (χ2n) is 5.55. The Morgan fingerprint density at radius 2 is 1.53 bits per heavy atom. The molecule has 1 unspecified atom stereocenters. The molecule has 0 aliphatic heterocycles. The van der Waals surface area contributed by atoms with E-state index in [2.05, 4.69) is 46.8 Å². The smallest absolute Gasteiger partial charge is 0.140 e. The number of ketones is 1. The molecule has 0 aliphatic carbocycles. The minimum Gasteiger partial charge on any atom is -0.299 e. The molecular formula is C16H24O. The van der Waals surface area contributed by atoms with Crippen LogP contribution in [0.1, 0.15) is 43.0 Å². The zero-order valence-electron chi connectivity index (χ0n) is 11.9. The minimum atomic E-state index is 0.148. The normalized spacial score (nSPS) is 12.9. The van der Waals surface area contributed by atoms with Gasteiger partial charge in [0.2, 0.25) is 0 Å². The summed E-state index contributed by atoms with van der Waals surface area (Å²) in [7, 11) is 0. The molecule has 1 aromatic carbocycles. The van der Waals surface area contributed by atoms with Crippen LogP contribution in [0.15, 0.2) is 12.1 Å². The van der Waals surface area contributed by atoms with Crippen LogP contribution in [0.4, 0.5) is 0 Å². The van der Waals surface area contributed by atoms with Crippen LogP contribution in [-0.2, 0) is 11.2 Å². The van der Waals surface area contributed by atoms with Gasteiger partial charge in [0.25, 0.3) is 0 Å². The fourth-order valence-electron chi connectivity index (χ4n) is 2.20. The molecule has 0 aliphatic rings. The van der Waals surface area contributed by atoms with Crippen LogP contribution in [0, 0.1) is 32.6 Å². The van der Waals surface area contributed by atoms with Crippen molar-refractivity contribution in [3.63, 3.8) is 0 Å². The average Bonchev–Trinajstić information content (AvgIpc) is 2.21. The predicted molar refractivity (Wildman–Crippen MR) is 73.4 cm³/mol. The summed E-state index contributed by atoms with van der Waals surface area (Å²) in [6, 6.07) is 4.32. The lowest BCUT2D eigenvalue weighted by Crippen LogP contribution is -2.19. The third kappa shape index (κ3) is 3.42. The Kier molecular flexibility index (Phi) is 4.50. The molecule has 17 heavy (non-hydrogen) atoms. The van der Waals surface area contributed by atoms with Crippen LogP contribution >= 0.6 is 0 Å². The van der Waals surface area contributed by atoms with Gasteiger partial charge in [-0.3, -0.25) is 4.79 Å². The molecule has 0 amide bonds. The highest BCUT2D eigenvalue weighted by Crippen LogP contribution is 2.20. The van der Waals surface area contributed by atoms with Gasteiger partial charge in [-0.1, -0.05) is 38.5 Å². The van der Waals surface area contributed by atoms with Crippen molar-refractivity contribution >= 4 is 5.78 Å². The summed E-state index contributed by atoms with van der Waals surface area (Å²) in [6.07, 6.45) is 0.581. The maximum Gasteiger partial charge on any atom is 0.140 e. The second kappa shape index (κ2) is 5.48. The average molecular weight is 232 g/mol. The Morgan fingerprint density at radius 1 is 1.06 bits per heavy atom. The van der Waals surface area contributed by atoms with Crippen molar-refractivity contribution in [2.24, 2.45) is 11.8 Å². The van der Waals surface area contributed by atoms with Gasteiger partial charge in [-0.25, -0.2) is 0 Å². The third-order valence-corrected chi connectivity index (χ3v) is 3.70. The van der Waals surface area contributed by atoms with Gasteiger partial charge in [0.1, 0.15) is 5.78 Å².